The molecule has 5 aromatic rings. The summed E-state index contributed by atoms with van der Waals surface area (Å²) < 4.78 is 40.4. The molecule has 9 heteroatoms. The summed E-state index contributed by atoms with van der Waals surface area (Å²) in [5.74, 6) is 0.392. The summed E-state index contributed by atoms with van der Waals surface area (Å²) in [6.45, 7) is 2.00. The lowest BCUT2D eigenvalue weighted by molar-refractivity contribution is -0.137. The molecule has 0 aliphatic carbocycles. The van der Waals surface area contributed by atoms with Crippen molar-refractivity contribution in [3.8, 4) is 22.5 Å². The van der Waals surface area contributed by atoms with Crippen LogP contribution in [0.3, 0.4) is 0 Å². The lowest BCUT2D eigenvalue weighted by atomic mass is 10.0. The van der Waals surface area contributed by atoms with Crippen LogP contribution in [0.15, 0.2) is 113 Å². The first-order chi connectivity index (χ1) is 18.4. The Morgan fingerprint density at radius 3 is 2.29 bits per heavy atom. The van der Waals surface area contributed by atoms with Crippen LogP contribution in [0.1, 0.15) is 24.1 Å². The zero-order chi connectivity index (χ0) is 26.5. The van der Waals surface area contributed by atoms with Gasteiger partial charge in [0, 0.05) is 22.2 Å². The van der Waals surface area contributed by atoms with Crippen molar-refractivity contribution in [3.63, 3.8) is 0 Å². The molecule has 5 rings (SSSR count). The van der Waals surface area contributed by atoms with Crippen LogP contribution in [0.5, 0.6) is 0 Å². The van der Waals surface area contributed by atoms with Crippen molar-refractivity contribution in [1.29, 1.82) is 0 Å². The first-order valence-electron chi connectivity index (χ1n) is 11.8. The molecule has 1 atom stereocenters. The highest BCUT2D eigenvalue weighted by molar-refractivity contribution is 7.99. The molecule has 190 valence electrons. The SMILES string of the molecule is CC(Nc1nccc(-c2cc(Sc3ccccc3)nnc2-c2cccc(C(F)(F)F)c2)n1)c1ccccc1. The molecule has 1 N–H and O–H groups in total. The molecule has 38 heavy (non-hydrogen) atoms. The predicted molar refractivity (Wildman–Crippen MR) is 143 cm³/mol. The number of anilines is 1. The summed E-state index contributed by atoms with van der Waals surface area (Å²) in [5.41, 5.74) is 1.97. The fourth-order valence-electron chi connectivity index (χ4n) is 3.88. The van der Waals surface area contributed by atoms with E-state index < -0.39 is 11.7 Å². The fraction of sp³-hybridized carbons (Fsp3) is 0.103. The van der Waals surface area contributed by atoms with E-state index in [9.17, 15) is 13.2 Å². The van der Waals surface area contributed by atoms with E-state index in [-0.39, 0.29) is 6.04 Å². The molecule has 0 saturated heterocycles. The molecule has 0 radical (unpaired) electrons. The van der Waals surface area contributed by atoms with Crippen molar-refractivity contribution >= 4 is 17.7 Å². The van der Waals surface area contributed by atoms with Crippen LogP contribution in [0.4, 0.5) is 19.1 Å². The maximum atomic E-state index is 13.5. The molecule has 0 spiro atoms. The summed E-state index contributed by atoms with van der Waals surface area (Å²) in [6, 6.07) is 28.1. The van der Waals surface area contributed by atoms with Crippen LogP contribution in [0.2, 0.25) is 0 Å². The van der Waals surface area contributed by atoms with E-state index in [0.29, 0.717) is 33.5 Å². The number of rotatable bonds is 7. The standard InChI is InChI=1S/C29H22F3N5S/c1-19(20-9-4-2-5-10-20)34-28-33-16-15-25(35-28)24-18-26(38-23-13-6-3-7-14-23)36-37-27(24)21-11-8-12-22(17-21)29(30,31)32/h2-19H,1H3,(H,33,34,35). The second kappa shape index (κ2) is 11.0. The molecular weight excluding hydrogens is 507 g/mol. The first-order valence-corrected chi connectivity index (χ1v) is 12.6. The van der Waals surface area contributed by atoms with E-state index in [1.807, 2.05) is 67.6 Å². The van der Waals surface area contributed by atoms with Gasteiger partial charge in [-0.1, -0.05) is 72.4 Å². The van der Waals surface area contributed by atoms with Crippen molar-refractivity contribution < 1.29 is 13.2 Å². The second-order valence-corrected chi connectivity index (χ2v) is 9.57. The van der Waals surface area contributed by atoms with Gasteiger partial charge in [0.1, 0.15) is 10.7 Å². The highest BCUT2D eigenvalue weighted by Crippen LogP contribution is 2.37. The van der Waals surface area contributed by atoms with E-state index >= 15 is 0 Å². The van der Waals surface area contributed by atoms with Gasteiger partial charge in [0.05, 0.1) is 17.3 Å². The first kappa shape index (κ1) is 25.4. The third-order valence-electron chi connectivity index (χ3n) is 5.78. The number of hydrogen-bond donors (Lipinski definition) is 1. The van der Waals surface area contributed by atoms with Gasteiger partial charge >= 0.3 is 6.18 Å². The molecule has 0 aliphatic heterocycles. The van der Waals surface area contributed by atoms with Gasteiger partial charge in [-0.05, 0) is 48.9 Å². The number of halogens is 3. The lowest BCUT2D eigenvalue weighted by Crippen LogP contribution is -2.09. The Morgan fingerprint density at radius 1 is 0.816 bits per heavy atom. The van der Waals surface area contributed by atoms with Crippen molar-refractivity contribution in [1.82, 2.24) is 20.2 Å². The molecule has 0 fully saturated rings. The van der Waals surface area contributed by atoms with Gasteiger partial charge in [-0.25, -0.2) is 9.97 Å². The molecule has 0 saturated carbocycles. The molecule has 0 amide bonds. The van der Waals surface area contributed by atoms with Gasteiger partial charge in [0.15, 0.2) is 0 Å². The average Bonchev–Trinajstić information content (AvgIpc) is 2.94. The van der Waals surface area contributed by atoms with Crippen molar-refractivity contribution in [2.75, 3.05) is 5.32 Å². The minimum absolute atomic E-state index is 0.0610. The molecule has 1 unspecified atom stereocenters. The Bertz CT molecular complexity index is 1530. The van der Waals surface area contributed by atoms with Crippen LogP contribution in [-0.4, -0.2) is 20.2 Å². The van der Waals surface area contributed by atoms with Crippen LogP contribution < -0.4 is 5.32 Å². The zero-order valence-corrected chi connectivity index (χ0v) is 21.0. The molecule has 3 aromatic carbocycles. The van der Waals surface area contributed by atoms with Gasteiger partial charge in [-0.15, -0.1) is 10.2 Å². The van der Waals surface area contributed by atoms with Crippen LogP contribution in [-0.2, 0) is 6.18 Å². The Hall–Kier alpha value is -4.24. The molecule has 0 aliphatic rings. The van der Waals surface area contributed by atoms with Crippen molar-refractivity contribution in [3.05, 3.63) is 114 Å². The molecule has 2 aromatic heterocycles. The second-order valence-electron chi connectivity index (χ2n) is 8.48. The Kier molecular flexibility index (Phi) is 7.37. The highest BCUT2D eigenvalue weighted by Gasteiger charge is 2.31. The highest BCUT2D eigenvalue weighted by atomic mass is 32.2. The number of alkyl halides is 3. The third kappa shape index (κ3) is 6.00. The Labute approximate surface area is 222 Å². The largest absolute Gasteiger partial charge is 0.416 e. The van der Waals surface area contributed by atoms with Crippen molar-refractivity contribution in [2.24, 2.45) is 0 Å². The fourth-order valence-corrected chi connectivity index (χ4v) is 4.67. The summed E-state index contributed by atoms with van der Waals surface area (Å²) >= 11 is 1.41. The summed E-state index contributed by atoms with van der Waals surface area (Å²) in [4.78, 5) is 10.0. The number of nitrogens with one attached hydrogen (secondary N) is 1. The Morgan fingerprint density at radius 2 is 1.55 bits per heavy atom. The summed E-state index contributed by atoms with van der Waals surface area (Å²) in [7, 11) is 0. The van der Waals surface area contributed by atoms with Crippen molar-refractivity contribution in [2.45, 2.75) is 29.1 Å². The van der Waals surface area contributed by atoms with E-state index in [1.54, 1.807) is 24.4 Å². The van der Waals surface area contributed by atoms with Gasteiger partial charge in [0.25, 0.3) is 0 Å². The normalized spacial score (nSPS) is 12.2. The topological polar surface area (TPSA) is 63.6 Å². The van der Waals surface area contributed by atoms with Crippen LogP contribution in [0.25, 0.3) is 22.5 Å². The van der Waals surface area contributed by atoms with E-state index in [1.165, 1.54) is 17.8 Å². The minimum Gasteiger partial charge on any atom is -0.348 e. The number of benzene rings is 3. The molecule has 0 bridgehead atoms. The summed E-state index contributed by atoms with van der Waals surface area (Å²) in [6.07, 6.45) is -2.87. The molecule has 2 heterocycles. The quantitative estimate of drug-likeness (QED) is 0.231. The van der Waals surface area contributed by atoms with Crippen LogP contribution in [0, 0.1) is 0 Å². The monoisotopic (exact) mass is 529 g/mol. The van der Waals surface area contributed by atoms with Gasteiger partial charge in [-0.3, -0.25) is 0 Å². The maximum Gasteiger partial charge on any atom is 0.416 e. The minimum atomic E-state index is -4.48. The van der Waals surface area contributed by atoms with Crippen LogP contribution >= 0.6 is 11.8 Å². The van der Waals surface area contributed by atoms with Gasteiger partial charge in [-0.2, -0.15) is 13.2 Å². The maximum absolute atomic E-state index is 13.5. The predicted octanol–water partition coefficient (Wildman–Crippen LogP) is 7.94. The Balaban J connectivity index is 1.56. The van der Waals surface area contributed by atoms with E-state index in [2.05, 4.69) is 20.5 Å². The van der Waals surface area contributed by atoms with Gasteiger partial charge < -0.3 is 5.32 Å². The lowest BCUT2D eigenvalue weighted by Gasteiger charge is -2.15. The average molecular weight is 530 g/mol. The zero-order valence-electron chi connectivity index (χ0n) is 20.2. The third-order valence-corrected chi connectivity index (χ3v) is 6.69. The summed E-state index contributed by atoms with van der Waals surface area (Å²) in [5, 5.41) is 12.6. The number of nitrogens with zero attached hydrogens (tertiary/aromatic N) is 4. The molecular formula is C29H22F3N5S. The number of hydrogen-bond acceptors (Lipinski definition) is 6. The smallest absolute Gasteiger partial charge is 0.348 e. The molecule has 5 nitrogen and oxygen atoms in total. The number of aromatic nitrogens is 4. The van der Waals surface area contributed by atoms with E-state index in [0.717, 1.165) is 22.6 Å². The van der Waals surface area contributed by atoms with E-state index in [4.69, 9.17) is 4.98 Å². The van der Waals surface area contributed by atoms with Gasteiger partial charge in [0.2, 0.25) is 5.95 Å².